The SMILES string of the molecule is CNc1c(Br)c(OC)cc(N(C)C(=O)COC)c1[N+](=O)[O-]. The average Bonchev–Trinajstić information content (AvgIpc) is 2.45. The summed E-state index contributed by atoms with van der Waals surface area (Å²) in [6, 6.07) is 1.43. The van der Waals surface area contributed by atoms with Crippen molar-refractivity contribution in [3.63, 3.8) is 0 Å². The van der Waals surface area contributed by atoms with Crippen LogP contribution < -0.4 is 15.0 Å². The molecular weight excluding hydrogens is 346 g/mol. The van der Waals surface area contributed by atoms with Crippen molar-refractivity contribution in [2.24, 2.45) is 0 Å². The van der Waals surface area contributed by atoms with Gasteiger partial charge in [-0.2, -0.15) is 0 Å². The number of amides is 1. The van der Waals surface area contributed by atoms with Gasteiger partial charge in [0.15, 0.2) is 0 Å². The normalized spacial score (nSPS) is 10.1. The highest BCUT2D eigenvalue weighted by Gasteiger charge is 2.29. The van der Waals surface area contributed by atoms with Crippen LogP contribution in [0.4, 0.5) is 17.1 Å². The van der Waals surface area contributed by atoms with E-state index in [9.17, 15) is 14.9 Å². The van der Waals surface area contributed by atoms with E-state index in [4.69, 9.17) is 9.47 Å². The summed E-state index contributed by atoms with van der Waals surface area (Å²) in [7, 11) is 5.80. The van der Waals surface area contributed by atoms with Crippen molar-refractivity contribution in [3.8, 4) is 5.75 Å². The number of carbonyl (C=O) groups is 1. The first-order valence-corrected chi connectivity index (χ1v) is 6.66. The van der Waals surface area contributed by atoms with E-state index < -0.39 is 10.8 Å². The number of nitro benzene ring substituents is 1. The van der Waals surface area contributed by atoms with Crippen LogP contribution in [0.15, 0.2) is 10.5 Å². The number of methoxy groups -OCH3 is 2. The van der Waals surface area contributed by atoms with Crippen molar-refractivity contribution >= 4 is 38.9 Å². The molecule has 0 spiro atoms. The number of nitro groups is 1. The summed E-state index contributed by atoms with van der Waals surface area (Å²) < 4.78 is 10.4. The molecule has 21 heavy (non-hydrogen) atoms. The van der Waals surface area contributed by atoms with Gasteiger partial charge in [-0.3, -0.25) is 14.9 Å². The molecule has 0 atom stereocenters. The molecule has 0 fully saturated rings. The van der Waals surface area contributed by atoms with Gasteiger partial charge < -0.3 is 19.7 Å². The van der Waals surface area contributed by atoms with Gasteiger partial charge in [-0.15, -0.1) is 0 Å². The number of carbonyl (C=O) groups excluding carboxylic acids is 1. The second kappa shape index (κ2) is 7.23. The maximum absolute atomic E-state index is 11.9. The van der Waals surface area contributed by atoms with Crippen molar-refractivity contribution in [3.05, 3.63) is 20.7 Å². The Balaban J connectivity index is 3.55. The summed E-state index contributed by atoms with van der Waals surface area (Å²) in [5.74, 6) is -0.0379. The predicted octanol–water partition coefficient (Wildman–Crippen LogP) is 2.02. The van der Waals surface area contributed by atoms with Gasteiger partial charge in [-0.25, -0.2) is 0 Å². The molecule has 0 bridgehead atoms. The zero-order valence-electron chi connectivity index (χ0n) is 12.1. The van der Waals surface area contributed by atoms with Gasteiger partial charge in [0.2, 0.25) is 0 Å². The highest BCUT2D eigenvalue weighted by Crippen LogP contribution is 2.45. The van der Waals surface area contributed by atoms with E-state index in [0.717, 1.165) is 4.90 Å². The molecule has 9 heteroatoms. The lowest BCUT2D eigenvalue weighted by Gasteiger charge is -2.20. The smallest absolute Gasteiger partial charge is 0.317 e. The largest absolute Gasteiger partial charge is 0.495 e. The second-order valence-corrected chi connectivity index (χ2v) is 4.82. The standard InChI is InChI=1S/C12H16BrN3O5/c1-14-11-10(13)8(21-4)5-7(12(11)16(18)19)15(2)9(17)6-20-3/h5,14H,6H2,1-4H3. The minimum atomic E-state index is -0.554. The first-order valence-electron chi connectivity index (χ1n) is 5.87. The first-order chi connectivity index (χ1) is 9.88. The summed E-state index contributed by atoms with van der Waals surface area (Å²) in [6.45, 7) is -0.180. The summed E-state index contributed by atoms with van der Waals surface area (Å²) in [6.07, 6.45) is 0. The summed E-state index contributed by atoms with van der Waals surface area (Å²) >= 11 is 3.25. The van der Waals surface area contributed by atoms with Gasteiger partial charge in [0.1, 0.15) is 23.7 Å². The number of likely N-dealkylation sites (N-methyl/N-ethyl adjacent to an activating group) is 1. The molecule has 1 N–H and O–H groups in total. The highest BCUT2D eigenvalue weighted by atomic mass is 79.9. The number of hydrogen-bond acceptors (Lipinski definition) is 6. The van der Waals surface area contributed by atoms with Crippen molar-refractivity contribution in [2.45, 2.75) is 0 Å². The molecule has 116 valence electrons. The lowest BCUT2D eigenvalue weighted by molar-refractivity contribution is -0.383. The Kier molecular flexibility index (Phi) is 5.91. The number of nitrogens with zero attached hydrogens (tertiary/aromatic N) is 2. The third-order valence-corrected chi connectivity index (χ3v) is 3.63. The number of ether oxygens (including phenoxy) is 2. The highest BCUT2D eigenvalue weighted by molar-refractivity contribution is 9.10. The number of anilines is 2. The third-order valence-electron chi connectivity index (χ3n) is 2.84. The minimum absolute atomic E-state index is 0.117. The van der Waals surface area contributed by atoms with Crippen LogP contribution in [0.2, 0.25) is 0 Å². The maximum atomic E-state index is 11.9. The monoisotopic (exact) mass is 361 g/mol. The van der Waals surface area contributed by atoms with Gasteiger partial charge in [0, 0.05) is 27.3 Å². The number of halogens is 1. The van der Waals surface area contributed by atoms with Crippen molar-refractivity contribution in [2.75, 3.05) is 45.1 Å². The molecule has 0 saturated carbocycles. The Morgan fingerprint density at radius 3 is 2.57 bits per heavy atom. The molecule has 0 unspecified atom stereocenters. The van der Waals surface area contributed by atoms with Crippen LogP contribution in [0.5, 0.6) is 5.75 Å². The summed E-state index contributed by atoms with van der Waals surface area (Å²) in [4.78, 5) is 23.9. The van der Waals surface area contributed by atoms with Crippen LogP contribution >= 0.6 is 15.9 Å². The van der Waals surface area contributed by atoms with Crippen LogP contribution in [0.25, 0.3) is 0 Å². The maximum Gasteiger partial charge on any atom is 0.317 e. The molecule has 0 saturated heterocycles. The lowest BCUT2D eigenvalue weighted by Crippen LogP contribution is -2.30. The van der Waals surface area contributed by atoms with Gasteiger partial charge in [-0.05, 0) is 15.9 Å². The quantitative estimate of drug-likeness (QED) is 0.615. The van der Waals surface area contributed by atoms with Crippen LogP contribution in [0.3, 0.4) is 0 Å². The number of benzene rings is 1. The topological polar surface area (TPSA) is 93.9 Å². The Morgan fingerprint density at radius 2 is 2.14 bits per heavy atom. The molecule has 0 aromatic heterocycles. The molecule has 8 nitrogen and oxygen atoms in total. The van der Waals surface area contributed by atoms with Gasteiger partial charge in [-0.1, -0.05) is 0 Å². The molecule has 0 aliphatic rings. The first kappa shape index (κ1) is 17.2. The number of nitrogens with one attached hydrogen (secondary N) is 1. The molecule has 0 heterocycles. The minimum Gasteiger partial charge on any atom is -0.495 e. The third kappa shape index (κ3) is 3.42. The molecule has 1 amide bonds. The Bertz CT molecular complexity index is 564. The van der Waals surface area contributed by atoms with Gasteiger partial charge in [0.25, 0.3) is 5.91 Å². The van der Waals surface area contributed by atoms with E-state index in [1.54, 1.807) is 7.05 Å². The van der Waals surface area contributed by atoms with E-state index in [1.165, 1.54) is 27.3 Å². The van der Waals surface area contributed by atoms with E-state index in [1.807, 2.05) is 0 Å². The summed E-state index contributed by atoms with van der Waals surface area (Å²) in [5.41, 5.74) is 0.120. The molecule has 1 aromatic carbocycles. The zero-order chi connectivity index (χ0) is 16.2. The van der Waals surface area contributed by atoms with Crippen molar-refractivity contribution in [1.29, 1.82) is 0 Å². The molecule has 0 radical (unpaired) electrons. The molecular formula is C12H16BrN3O5. The second-order valence-electron chi connectivity index (χ2n) is 4.03. The predicted molar refractivity (Wildman–Crippen MR) is 82.2 cm³/mol. The van der Waals surface area contributed by atoms with Crippen LogP contribution in [-0.4, -0.2) is 45.8 Å². The van der Waals surface area contributed by atoms with Crippen molar-refractivity contribution < 1.29 is 19.2 Å². The number of rotatable bonds is 6. The fourth-order valence-corrected chi connectivity index (χ4v) is 2.45. The average molecular weight is 362 g/mol. The van der Waals surface area contributed by atoms with E-state index in [2.05, 4.69) is 21.2 Å². The lowest BCUT2D eigenvalue weighted by atomic mass is 10.2. The van der Waals surface area contributed by atoms with Gasteiger partial charge in [0.05, 0.1) is 16.5 Å². The molecule has 0 aliphatic carbocycles. The molecule has 0 aliphatic heterocycles. The Labute approximate surface area is 130 Å². The fourth-order valence-electron chi connectivity index (χ4n) is 1.78. The summed E-state index contributed by atoms with van der Waals surface area (Å²) in [5, 5.41) is 14.1. The molecule has 1 rings (SSSR count). The van der Waals surface area contributed by atoms with E-state index >= 15 is 0 Å². The fraction of sp³-hybridized carbons (Fsp3) is 0.417. The molecule has 1 aromatic rings. The Hall–Kier alpha value is -1.87. The number of hydrogen-bond donors (Lipinski definition) is 1. The Morgan fingerprint density at radius 1 is 1.52 bits per heavy atom. The van der Waals surface area contributed by atoms with Crippen LogP contribution in [0.1, 0.15) is 0 Å². The van der Waals surface area contributed by atoms with Crippen molar-refractivity contribution in [1.82, 2.24) is 0 Å². The zero-order valence-corrected chi connectivity index (χ0v) is 13.7. The van der Waals surface area contributed by atoms with Crippen LogP contribution in [0, 0.1) is 10.1 Å². The van der Waals surface area contributed by atoms with Gasteiger partial charge >= 0.3 is 5.69 Å². The van der Waals surface area contributed by atoms with Crippen LogP contribution in [-0.2, 0) is 9.53 Å². The van der Waals surface area contributed by atoms with E-state index in [-0.39, 0.29) is 23.7 Å². The van der Waals surface area contributed by atoms with E-state index in [0.29, 0.717) is 10.2 Å².